The van der Waals surface area contributed by atoms with Crippen molar-refractivity contribution in [1.82, 2.24) is 5.32 Å². The summed E-state index contributed by atoms with van der Waals surface area (Å²) in [4.78, 5) is 10.6. The van der Waals surface area contributed by atoms with Gasteiger partial charge in [-0.25, -0.2) is 4.79 Å². The zero-order valence-electron chi connectivity index (χ0n) is 5.59. The number of alkyl carbamates (subject to hydrolysis) is 1. The lowest BCUT2D eigenvalue weighted by molar-refractivity contribution is 0.173. The maximum absolute atomic E-state index is 10.6. The fourth-order valence-corrected chi connectivity index (χ4v) is 1.41. The number of carbonyl (C=O) groups excluding carboxylic acids is 1. The third-order valence-corrected chi connectivity index (χ3v) is 2.03. The Morgan fingerprint density at radius 3 is 2.70 bits per heavy atom. The summed E-state index contributed by atoms with van der Waals surface area (Å²) in [6.07, 6.45) is 5.71. The van der Waals surface area contributed by atoms with Gasteiger partial charge in [0.05, 0.1) is 5.54 Å². The number of amides is 1. The number of nitrogens with one attached hydrogen (secondary N) is 1. The summed E-state index contributed by atoms with van der Waals surface area (Å²) in [6.45, 7) is 0.527. The lowest BCUT2D eigenvalue weighted by atomic mass is 9.99. The zero-order valence-corrected chi connectivity index (χ0v) is 5.59. The highest BCUT2D eigenvalue weighted by Gasteiger charge is 2.39. The SMILES string of the molecule is O=C1NC2(CC=CC2)CO1. The standard InChI is InChI=1S/C7H9NO2/c9-6-8-7(5-10-6)3-1-2-4-7/h1-2H,3-5H2,(H,8,9). The second kappa shape index (κ2) is 1.75. The average molecular weight is 139 g/mol. The topological polar surface area (TPSA) is 38.3 Å². The van der Waals surface area contributed by atoms with Crippen LogP contribution in [0.15, 0.2) is 12.2 Å². The molecule has 1 aliphatic heterocycles. The third kappa shape index (κ3) is 0.701. The Balaban J connectivity index is 2.11. The van der Waals surface area contributed by atoms with E-state index in [4.69, 9.17) is 4.74 Å². The summed E-state index contributed by atoms with van der Waals surface area (Å²) in [5.74, 6) is 0. The van der Waals surface area contributed by atoms with Crippen molar-refractivity contribution in [2.24, 2.45) is 0 Å². The number of hydrogen-bond donors (Lipinski definition) is 1. The van der Waals surface area contributed by atoms with Crippen molar-refractivity contribution >= 4 is 6.09 Å². The Bertz CT molecular complexity index is 190. The van der Waals surface area contributed by atoms with Crippen molar-refractivity contribution in [3.8, 4) is 0 Å². The summed E-state index contributed by atoms with van der Waals surface area (Å²) in [5, 5.41) is 2.81. The van der Waals surface area contributed by atoms with E-state index in [1.54, 1.807) is 0 Å². The van der Waals surface area contributed by atoms with Crippen LogP contribution in [0.25, 0.3) is 0 Å². The maximum Gasteiger partial charge on any atom is 0.407 e. The van der Waals surface area contributed by atoms with Crippen molar-refractivity contribution in [2.75, 3.05) is 6.61 Å². The fraction of sp³-hybridized carbons (Fsp3) is 0.571. The molecule has 1 fully saturated rings. The van der Waals surface area contributed by atoms with E-state index in [1.165, 1.54) is 0 Å². The first-order chi connectivity index (χ1) is 4.81. The van der Waals surface area contributed by atoms with Gasteiger partial charge in [-0.05, 0) is 12.8 Å². The van der Waals surface area contributed by atoms with Gasteiger partial charge in [-0.2, -0.15) is 0 Å². The summed E-state index contributed by atoms with van der Waals surface area (Å²) in [7, 11) is 0. The van der Waals surface area contributed by atoms with Crippen molar-refractivity contribution in [3.63, 3.8) is 0 Å². The van der Waals surface area contributed by atoms with Gasteiger partial charge in [0.15, 0.2) is 0 Å². The molecule has 2 aliphatic rings. The largest absolute Gasteiger partial charge is 0.447 e. The number of cyclic esters (lactones) is 1. The van der Waals surface area contributed by atoms with E-state index in [0.717, 1.165) is 12.8 Å². The highest BCUT2D eigenvalue weighted by molar-refractivity contribution is 5.71. The van der Waals surface area contributed by atoms with Gasteiger partial charge in [0.25, 0.3) is 0 Å². The Morgan fingerprint density at radius 1 is 1.50 bits per heavy atom. The van der Waals surface area contributed by atoms with Crippen LogP contribution in [0.5, 0.6) is 0 Å². The molecule has 0 radical (unpaired) electrons. The summed E-state index contributed by atoms with van der Waals surface area (Å²) < 4.78 is 4.80. The predicted molar refractivity (Wildman–Crippen MR) is 35.6 cm³/mol. The molecule has 0 aromatic heterocycles. The van der Waals surface area contributed by atoms with Crippen LogP contribution in [-0.2, 0) is 4.74 Å². The summed E-state index contributed by atoms with van der Waals surface area (Å²) in [5.41, 5.74) is -0.0723. The quantitative estimate of drug-likeness (QED) is 0.504. The molecule has 0 bridgehead atoms. The lowest BCUT2D eigenvalue weighted by Gasteiger charge is -2.18. The van der Waals surface area contributed by atoms with Crippen molar-refractivity contribution in [2.45, 2.75) is 18.4 Å². The minimum atomic E-state index is -0.274. The van der Waals surface area contributed by atoms with E-state index in [-0.39, 0.29) is 11.6 Å². The molecular weight excluding hydrogens is 130 g/mol. The van der Waals surface area contributed by atoms with Gasteiger partial charge >= 0.3 is 6.09 Å². The lowest BCUT2D eigenvalue weighted by Crippen LogP contribution is -2.40. The van der Waals surface area contributed by atoms with Gasteiger partial charge in [0.1, 0.15) is 6.61 Å². The van der Waals surface area contributed by atoms with Crippen LogP contribution in [0.2, 0.25) is 0 Å². The molecule has 54 valence electrons. The van der Waals surface area contributed by atoms with Crippen LogP contribution < -0.4 is 5.32 Å². The molecule has 1 spiro atoms. The highest BCUT2D eigenvalue weighted by atomic mass is 16.6. The molecule has 1 heterocycles. The Hall–Kier alpha value is -0.990. The molecule has 0 saturated carbocycles. The van der Waals surface area contributed by atoms with Crippen LogP contribution in [0.1, 0.15) is 12.8 Å². The number of rotatable bonds is 0. The van der Waals surface area contributed by atoms with Crippen LogP contribution in [0.3, 0.4) is 0 Å². The minimum Gasteiger partial charge on any atom is -0.447 e. The van der Waals surface area contributed by atoms with Crippen LogP contribution in [0.4, 0.5) is 4.79 Å². The van der Waals surface area contributed by atoms with Crippen molar-refractivity contribution in [3.05, 3.63) is 12.2 Å². The molecule has 0 unspecified atom stereocenters. The van der Waals surface area contributed by atoms with E-state index in [9.17, 15) is 4.79 Å². The van der Waals surface area contributed by atoms with E-state index in [2.05, 4.69) is 17.5 Å². The molecule has 3 heteroatoms. The Morgan fingerprint density at radius 2 is 2.20 bits per heavy atom. The van der Waals surface area contributed by atoms with Gasteiger partial charge < -0.3 is 10.1 Å². The van der Waals surface area contributed by atoms with Crippen molar-refractivity contribution in [1.29, 1.82) is 0 Å². The number of carbonyl (C=O) groups is 1. The molecule has 0 atom stereocenters. The molecule has 3 nitrogen and oxygen atoms in total. The van der Waals surface area contributed by atoms with Gasteiger partial charge in [-0.3, -0.25) is 0 Å². The molecule has 1 aliphatic carbocycles. The van der Waals surface area contributed by atoms with Gasteiger partial charge in [-0.1, -0.05) is 12.2 Å². The van der Waals surface area contributed by atoms with E-state index >= 15 is 0 Å². The smallest absolute Gasteiger partial charge is 0.407 e. The monoisotopic (exact) mass is 139 g/mol. The molecule has 1 saturated heterocycles. The highest BCUT2D eigenvalue weighted by Crippen LogP contribution is 2.27. The van der Waals surface area contributed by atoms with Gasteiger partial charge in [0.2, 0.25) is 0 Å². The molecule has 1 amide bonds. The van der Waals surface area contributed by atoms with E-state index < -0.39 is 0 Å². The first-order valence-electron chi connectivity index (χ1n) is 3.41. The van der Waals surface area contributed by atoms with Crippen LogP contribution >= 0.6 is 0 Å². The van der Waals surface area contributed by atoms with Gasteiger partial charge in [0, 0.05) is 0 Å². The summed E-state index contributed by atoms with van der Waals surface area (Å²) >= 11 is 0. The third-order valence-electron chi connectivity index (χ3n) is 2.03. The molecule has 2 rings (SSSR count). The van der Waals surface area contributed by atoms with Crippen LogP contribution in [-0.4, -0.2) is 18.2 Å². The second-order valence-electron chi connectivity index (χ2n) is 2.86. The Labute approximate surface area is 59.1 Å². The zero-order chi connectivity index (χ0) is 7.03. The normalized spacial score (nSPS) is 27.0. The maximum atomic E-state index is 10.6. The molecular formula is C7H9NO2. The molecule has 0 aromatic carbocycles. The van der Waals surface area contributed by atoms with Crippen LogP contribution in [0, 0.1) is 0 Å². The molecule has 10 heavy (non-hydrogen) atoms. The fourth-order valence-electron chi connectivity index (χ4n) is 1.41. The van der Waals surface area contributed by atoms with Crippen molar-refractivity contribution < 1.29 is 9.53 Å². The van der Waals surface area contributed by atoms with E-state index in [0.29, 0.717) is 6.61 Å². The predicted octanol–water partition coefficient (Wildman–Crippen LogP) is 0.815. The average Bonchev–Trinajstić information content (AvgIpc) is 2.46. The minimum absolute atomic E-state index is 0.0723. The Kier molecular flexibility index (Phi) is 1.01. The summed E-state index contributed by atoms with van der Waals surface area (Å²) in [6, 6.07) is 0. The molecule has 0 aromatic rings. The second-order valence-corrected chi connectivity index (χ2v) is 2.86. The van der Waals surface area contributed by atoms with Gasteiger partial charge in [-0.15, -0.1) is 0 Å². The molecule has 1 N–H and O–H groups in total. The number of hydrogen-bond acceptors (Lipinski definition) is 2. The first-order valence-corrected chi connectivity index (χ1v) is 3.41. The number of ether oxygens (including phenoxy) is 1. The first kappa shape index (κ1) is 5.77. The van der Waals surface area contributed by atoms with E-state index in [1.807, 2.05) is 0 Å².